The van der Waals surface area contributed by atoms with E-state index in [0.29, 0.717) is 13.0 Å². The molecule has 2 aromatic heterocycles. The van der Waals surface area contributed by atoms with Gasteiger partial charge in [0.2, 0.25) is 10.0 Å². The molecule has 21 heavy (non-hydrogen) atoms. The Bertz CT molecular complexity index is 677. The molecule has 1 unspecified atom stereocenters. The van der Waals surface area contributed by atoms with Crippen molar-refractivity contribution < 1.29 is 8.42 Å². The number of aromatic nitrogens is 2. The predicted octanol–water partition coefficient (Wildman–Crippen LogP) is 1.85. The fraction of sp³-hybridized carbons (Fsp3) is 0.462. The van der Waals surface area contributed by atoms with Crippen molar-refractivity contribution in [2.24, 2.45) is 0 Å². The van der Waals surface area contributed by atoms with Crippen molar-refractivity contribution in [3.63, 3.8) is 0 Å². The van der Waals surface area contributed by atoms with Crippen molar-refractivity contribution in [1.82, 2.24) is 14.5 Å². The van der Waals surface area contributed by atoms with Crippen LogP contribution in [0.1, 0.15) is 25.1 Å². The van der Waals surface area contributed by atoms with Crippen LogP contribution in [0, 0.1) is 0 Å². The lowest BCUT2D eigenvalue weighted by Gasteiger charge is -2.12. The van der Waals surface area contributed by atoms with E-state index in [0.717, 1.165) is 11.3 Å². The summed E-state index contributed by atoms with van der Waals surface area (Å²) < 4.78 is 29.0. The minimum Gasteiger partial charge on any atom is -0.381 e. The van der Waals surface area contributed by atoms with E-state index >= 15 is 0 Å². The molecule has 0 saturated heterocycles. The van der Waals surface area contributed by atoms with Crippen LogP contribution < -0.4 is 10.5 Å². The molecule has 3 N–H and O–H groups in total. The fourth-order valence-electron chi connectivity index (χ4n) is 2.07. The van der Waals surface area contributed by atoms with Gasteiger partial charge in [0.05, 0.1) is 0 Å². The quantitative estimate of drug-likeness (QED) is 0.811. The maximum absolute atomic E-state index is 12.4. The van der Waals surface area contributed by atoms with Crippen LogP contribution in [0.5, 0.6) is 0 Å². The number of hydrogen-bond acceptors (Lipinski definition) is 5. The SMILES string of the molecule is CCCn1cc(S(=O)(=O)NC(C)Cc2cccs2)c(N)n1. The van der Waals surface area contributed by atoms with E-state index < -0.39 is 10.0 Å². The van der Waals surface area contributed by atoms with Crippen LogP contribution in [-0.2, 0) is 23.0 Å². The van der Waals surface area contributed by atoms with Gasteiger partial charge < -0.3 is 5.73 Å². The molecule has 2 aromatic rings. The molecule has 0 saturated carbocycles. The Hall–Kier alpha value is -1.38. The largest absolute Gasteiger partial charge is 0.381 e. The summed E-state index contributed by atoms with van der Waals surface area (Å²) in [6.45, 7) is 4.47. The summed E-state index contributed by atoms with van der Waals surface area (Å²) in [5, 5.41) is 6.00. The molecule has 0 aromatic carbocycles. The van der Waals surface area contributed by atoms with Gasteiger partial charge in [0.25, 0.3) is 0 Å². The number of nitrogens with two attached hydrogens (primary N) is 1. The lowest BCUT2D eigenvalue weighted by atomic mass is 10.2. The molecule has 6 nitrogen and oxygen atoms in total. The van der Waals surface area contributed by atoms with Gasteiger partial charge in [-0.2, -0.15) is 5.10 Å². The van der Waals surface area contributed by atoms with Gasteiger partial charge in [0, 0.05) is 23.7 Å². The fourth-order valence-corrected chi connectivity index (χ4v) is 4.22. The Morgan fingerprint density at radius 2 is 2.29 bits per heavy atom. The molecule has 0 aliphatic carbocycles. The van der Waals surface area contributed by atoms with Crippen molar-refractivity contribution in [3.8, 4) is 0 Å². The Labute approximate surface area is 129 Å². The molecular formula is C13H20N4O2S2. The first-order chi connectivity index (χ1) is 9.92. The highest BCUT2D eigenvalue weighted by Crippen LogP contribution is 2.18. The predicted molar refractivity (Wildman–Crippen MR) is 84.7 cm³/mol. The van der Waals surface area contributed by atoms with E-state index in [4.69, 9.17) is 5.73 Å². The standard InChI is InChI=1S/C13H20N4O2S2/c1-3-6-17-9-12(13(14)15-17)21(18,19)16-10(2)8-11-5-4-7-20-11/h4-5,7,9-10,16H,3,6,8H2,1-2H3,(H2,14,15). The molecule has 0 bridgehead atoms. The number of thiophene rings is 1. The van der Waals surface area contributed by atoms with E-state index in [2.05, 4.69) is 9.82 Å². The highest BCUT2D eigenvalue weighted by molar-refractivity contribution is 7.89. The van der Waals surface area contributed by atoms with E-state index in [9.17, 15) is 8.42 Å². The molecule has 8 heteroatoms. The van der Waals surface area contributed by atoms with Crippen LogP contribution in [0.4, 0.5) is 5.82 Å². The Balaban J connectivity index is 2.10. The molecule has 0 aliphatic rings. The third kappa shape index (κ3) is 4.05. The van der Waals surface area contributed by atoms with Crippen molar-refractivity contribution in [2.75, 3.05) is 5.73 Å². The molecule has 0 amide bonds. The van der Waals surface area contributed by atoms with Gasteiger partial charge >= 0.3 is 0 Å². The first-order valence-electron chi connectivity index (χ1n) is 6.80. The monoisotopic (exact) mass is 328 g/mol. The van der Waals surface area contributed by atoms with Crippen molar-refractivity contribution in [2.45, 2.75) is 44.2 Å². The van der Waals surface area contributed by atoms with Gasteiger partial charge in [-0.3, -0.25) is 4.68 Å². The van der Waals surface area contributed by atoms with Gasteiger partial charge in [-0.15, -0.1) is 11.3 Å². The van der Waals surface area contributed by atoms with Crippen LogP contribution in [-0.4, -0.2) is 24.2 Å². The average Bonchev–Trinajstić information content (AvgIpc) is 2.99. The summed E-state index contributed by atoms with van der Waals surface area (Å²) in [4.78, 5) is 1.19. The minimum absolute atomic E-state index is 0.0410. The summed E-state index contributed by atoms with van der Waals surface area (Å²) in [5.41, 5.74) is 5.72. The topological polar surface area (TPSA) is 90.0 Å². The summed E-state index contributed by atoms with van der Waals surface area (Å²) >= 11 is 1.61. The average molecular weight is 328 g/mol. The van der Waals surface area contributed by atoms with Crippen LogP contribution in [0.25, 0.3) is 0 Å². The molecular weight excluding hydrogens is 308 g/mol. The lowest BCUT2D eigenvalue weighted by molar-refractivity contribution is 0.560. The Morgan fingerprint density at radius 3 is 2.90 bits per heavy atom. The summed E-state index contributed by atoms with van der Waals surface area (Å²) in [5.74, 6) is 0.0410. The third-order valence-electron chi connectivity index (χ3n) is 2.94. The molecule has 2 heterocycles. The molecule has 2 rings (SSSR count). The zero-order valence-electron chi connectivity index (χ0n) is 12.1. The number of nitrogen functional groups attached to an aromatic ring is 1. The smallest absolute Gasteiger partial charge is 0.246 e. The third-order valence-corrected chi connectivity index (χ3v) is 5.45. The summed E-state index contributed by atoms with van der Waals surface area (Å²) in [7, 11) is -3.64. The Morgan fingerprint density at radius 1 is 1.52 bits per heavy atom. The number of nitrogens with zero attached hydrogens (tertiary/aromatic N) is 2. The van der Waals surface area contributed by atoms with Gasteiger partial charge in [0.1, 0.15) is 4.90 Å². The number of rotatable bonds is 7. The second kappa shape index (κ2) is 6.59. The maximum atomic E-state index is 12.4. The zero-order valence-corrected chi connectivity index (χ0v) is 13.7. The van der Waals surface area contributed by atoms with Gasteiger partial charge in [-0.25, -0.2) is 13.1 Å². The van der Waals surface area contributed by atoms with Crippen LogP contribution in [0.3, 0.4) is 0 Å². The number of aryl methyl sites for hydroxylation is 1. The van der Waals surface area contributed by atoms with Gasteiger partial charge in [-0.05, 0) is 31.2 Å². The number of nitrogens with one attached hydrogen (secondary N) is 1. The van der Waals surface area contributed by atoms with E-state index in [-0.39, 0.29) is 16.8 Å². The summed E-state index contributed by atoms with van der Waals surface area (Å²) in [6, 6.07) is 3.74. The van der Waals surface area contributed by atoms with Crippen molar-refractivity contribution in [1.29, 1.82) is 0 Å². The highest BCUT2D eigenvalue weighted by Gasteiger charge is 2.23. The lowest BCUT2D eigenvalue weighted by Crippen LogP contribution is -2.34. The molecule has 0 radical (unpaired) electrons. The first-order valence-corrected chi connectivity index (χ1v) is 9.16. The van der Waals surface area contributed by atoms with Gasteiger partial charge in [-0.1, -0.05) is 13.0 Å². The number of sulfonamides is 1. The second-order valence-corrected chi connectivity index (χ2v) is 7.66. The molecule has 116 valence electrons. The van der Waals surface area contributed by atoms with Crippen LogP contribution in [0.15, 0.2) is 28.6 Å². The Kier molecular flexibility index (Phi) is 5.02. The molecule has 1 atom stereocenters. The zero-order chi connectivity index (χ0) is 15.5. The first kappa shape index (κ1) is 16.0. The van der Waals surface area contributed by atoms with Crippen LogP contribution >= 0.6 is 11.3 Å². The molecule has 0 aliphatic heterocycles. The minimum atomic E-state index is -3.64. The van der Waals surface area contributed by atoms with Gasteiger partial charge in [0.15, 0.2) is 5.82 Å². The number of anilines is 1. The number of hydrogen-bond donors (Lipinski definition) is 2. The van der Waals surface area contributed by atoms with Crippen molar-refractivity contribution >= 4 is 27.2 Å². The maximum Gasteiger partial charge on any atom is 0.246 e. The van der Waals surface area contributed by atoms with Crippen molar-refractivity contribution in [3.05, 3.63) is 28.6 Å². The summed E-state index contributed by atoms with van der Waals surface area (Å²) in [6.07, 6.45) is 3.00. The molecule has 0 fully saturated rings. The highest BCUT2D eigenvalue weighted by atomic mass is 32.2. The normalized spacial score (nSPS) is 13.4. The second-order valence-electron chi connectivity index (χ2n) is 4.95. The van der Waals surface area contributed by atoms with E-state index in [1.54, 1.807) is 16.0 Å². The van der Waals surface area contributed by atoms with E-state index in [1.165, 1.54) is 6.20 Å². The van der Waals surface area contributed by atoms with E-state index in [1.807, 2.05) is 31.4 Å². The van der Waals surface area contributed by atoms with Crippen LogP contribution in [0.2, 0.25) is 0 Å². The molecule has 0 spiro atoms.